The summed E-state index contributed by atoms with van der Waals surface area (Å²) in [5, 5.41) is 9.76. The van der Waals surface area contributed by atoms with Crippen molar-refractivity contribution in [3.63, 3.8) is 0 Å². The number of aliphatic hydroxyl groups is 1. The number of carbonyl (C=O) groups is 3. The van der Waals surface area contributed by atoms with Crippen LogP contribution in [-0.2, 0) is 42.2 Å². The molecule has 0 bridgehead atoms. The summed E-state index contributed by atoms with van der Waals surface area (Å²) < 4.78 is 39.4. The summed E-state index contributed by atoms with van der Waals surface area (Å²) >= 11 is 0. The molecule has 0 spiro atoms. The molecule has 3 unspecified atom stereocenters. The standard InChI is InChI=1S/C56H105O11P/c1-4-7-10-13-16-19-21-23-24-25-26-27-28-30-32-35-38-41-44-47-56(60)67-53(49-63-54(58)45-42-39-36-34-31-29-22-20-17-14-11-8-5-2)51-65-68(61,62)64-50-52(48-57)66-55(59)46-43-40-37-33-18-15-12-9-6-3/h20,22-24,52-53,57H,4-19,21,25-51H2,1-3H3,(H,61,62)/b22-20-,24-23-. The van der Waals surface area contributed by atoms with Crippen LogP contribution in [0.15, 0.2) is 24.3 Å². The average Bonchev–Trinajstić information content (AvgIpc) is 3.32. The van der Waals surface area contributed by atoms with Crippen LogP contribution in [0.1, 0.15) is 278 Å². The Hall–Kier alpha value is -2.04. The van der Waals surface area contributed by atoms with Crippen molar-refractivity contribution in [1.82, 2.24) is 0 Å². The van der Waals surface area contributed by atoms with E-state index in [2.05, 4.69) is 45.1 Å². The van der Waals surface area contributed by atoms with Gasteiger partial charge in [0.1, 0.15) is 12.7 Å². The first-order valence-corrected chi connectivity index (χ1v) is 29.7. The van der Waals surface area contributed by atoms with Gasteiger partial charge in [0.15, 0.2) is 6.10 Å². The lowest BCUT2D eigenvalue weighted by Crippen LogP contribution is -2.30. The molecule has 0 heterocycles. The molecule has 400 valence electrons. The van der Waals surface area contributed by atoms with Gasteiger partial charge in [-0.15, -0.1) is 0 Å². The van der Waals surface area contributed by atoms with E-state index in [-0.39, 0.29) is 25.9 Å². The molecule has 12 heteroatoms. The van der Waals surface area contributed by atoms with Crippen LogP contribution in [0.2, 0.25) is 0 Å². The van der Waals surface area contributed by atoms with Crippen molar-refractivity contribution in [2.24, 2.45) is 0 Å². The number of hydrogen-bond acceptors (Lipinski definition) is 10. The predicted octanol–water partition coefficient (Wildman–Crippen LogP) is 16.3. The topological polar surface area (TPSA) is 155 Å². The highest BCUT2D eigenvalue weighted by Crippen LogP contribution is 2.43. The molecule has 0 aromatic rings. The van der Waals surface area contributed by atoms with Crippen molar-refractivity contribution in [1.29, 1.82) is 0 Å². The monoisotopic (exact) mass is 985 g/mol. The number of unbranched alkanes of at least 4 members (excludes halogenated alkanes) is 32. The van der Waals surface area contributed by atoms with E-state index in [1.54, 1.807) is 0 Å². The second kappa shape index (κ2) is 51.3. The maximum atomic E-state index is 12.9. The van der Waals surface area contributed by atoms with Gasteiger partial charge in [0.25, 0.3) is 0 Å². The Kier molecular flexibility index (Phi) is 49.8. The van der Waals surface area contributed by atoms with Gasteiger partial charge in [-0.1, -0.05) is 212 Å². The molecule has 0 aromatic heterocycles. The molecule has 3 atom stereocenters. The Bertz CT molecular complexity index is 1240. The summed E-state index contributed by atoms with van der Waals surface area (Å²) in [4.78, 5) is 48.3. The minimum Gasteiger partial charge on any atom is -0.462 e. The Morgan fingerprint density at radius 3 is 1.03 bits per heavy atom. The van der Waals surface area contributed by atoms with Crippen LogP contribution >= 0.6 is 7.82 Å². The molecule has 2 N–H and O–H groups in total. The van der Waals surface area contributed by atoms with Crippen molar-refractivity contribution in [3.05, 3.63) is 24.3 Å². The maximum absolute atomic E-state index is 12.9. The molecule has 0 radical (unpaired) electrons. The molecular formula is C56H105O11P. The number of allylic oxidation sites excluding steroid dienone is 4. The number of rotatable bonds is 53. The number of hydrogen-bond donors (Lipinski definition) is 2. The first kappa shape index (κ1) is 66.0. The number of carbonyl (C=O) groups excluding carboxylic acids is 3. The molecule has 0 amide bonds. The lowest BCUT2D eigenvalue weighted by atomic mass is 10.1. The number of esters is 3. The summed E-state index contributed by atoms with van der Waals surface area (Å²) in [6.07, 6.45) is 50.0. The highest BCUT2D eigenvalue weighted by atomic mass is 31.2. The van der Waals surface area contributed by atoms with Gasteiger partial charge in [-0.25, -0.2) is 4.57 Å². The third-order valence-electron chi connectivity index (χ3n) is 12.3. The average molecular weight is 985 g/mol. The van der Waals surface area contributed by atoms with Gasteiger partial charge in [0, 0.05) is 19.3 Å². The van der Waals surface area contributed by atoms with Crippen LogP contribution in [0, 0.1) is 0 Å². The third-order valence-corrected chi connectivity index (χ3v) is 13.3. The smallest absolute Gasteiger partial charge is 0.462 e. The third kappa shape index (κ3) is 49.0. The zero-order chi connectivity index (χ0) is 49.9. The Labute approximate surface area is 417 Å². The van der Waals surface area contributed by atoms with Gasteiger partial charge >= 0.3 is 25.7 Å². The SMILES string of the molecule is CCCCCC/C=C\CCCCCCCC(=O)OCC(COP(=O)(O)OCC(CO)OC(=O)CCCCCCCCCCC)OC(=O)CCCCCCCCCCC/C=C\CCCCCCCC. The van der Waals surface area contributed by atoms with Gasteiger partial charge in [-0.05, 0) is 70.6 Å². The quantitative estimate of drug-likeness (QED) is 0.0197. The van der Waals surface area contributed by atoms with Crippen LogP contribution in [0.3, 0.4) is 0 Å². The molecule has 0 saturated carbocycles. The van der Waals surface area contributed by atoms with Gasteiger partial charge < -0.3 is 24.2 Å². The highest BCUT2D eigenvalue weighted by molar-refractivity contribution is 7.47. The lowest BCUT2D eigenvalue weighted by Gasteiger charge is -2.21. The van der Waals surface area contributed by atoms with Gasteiger partial charge in [-0.3, -0.25) is 23.4 Å². The summed E-state index contributed by atoms with van der Waals surface area (Å²) in [5.41, 5.74) is 0. The van der Waals surface area contributed by atoms with Crippen LogP contribution in [0.25, 0.3) is 0 Å². The molecule has 68 heavy (non-hydrogen) atoms. The Morgan fingerprint density at radius 1 is 0.397 bits per heavy atom. The molecule has 0 aromatic carbocycles. The fourth-order valence-electron chi connectivity index (χ4n) is 7.99. The van der Waals surface area contributed by atoms with Crippen molar-refractivity contribution in [2.75, 3.05) is 26.4 Å². The summed E-state index contributed by atoms with van der Waals surface area (Å²) in [6.45, 7) is 4.62. The largest absolute Gasteiger partial charge is 0.472 e. The first-order chi connectivity index (χ1) is 33.2. The zero-order valence-electron chi connectivity index (χ0n) is 44.1. The van der Waals surface area contributed by atoms with Crippen molar-refractivity contribution >= 4 is 25.7 Å². The second-order valence-corrected chi connectivity index (χ2v) is 20.6. The minimum absolute atomic E-state index is 0.168. The maximum Gasteiger partial charge on any atom is 0.472 e. The van der Waals surface area contributed by atoms with E-state index < -0.39 is 57.8 Å². The summed E-state index contributed by atoms with van der Waals surface area (Å²) in [6, 6.07) is 0. The van der Waals surface area contributed by atoms with E-state index in [1.165, 1.54) is 141 Å². The van der Waals surface area contributed by atoms with Gasteiger partial charge in [0.2, 0.25) is 0 Å². The number of ether oxygens (including phenoxy) is 3. The lowest BCUT2D eigenvalue weighted by molar-refractivity contribution is -0.161. The van der Waals surface area contributed by atoms with Crippen LogP contribution < -0.4 is 0 Å². The number of aliphatic hydroxyl groups excluding tert-OH is 1. The molecule has 0 rings (SSSR count). The highest BCUT2D eigenvalue weighted by Gasteiger charge is 2.28. The summed E-state index contributed by atoms with van der Waals surface area (Å²) in [7, 11) is -4.73. The number of phosphoric ester groups is 1. The normalized spacial score (nSPS) is 13.5. The van der Waals surface area contributed by atoms with E-state index in [4.69, 9.17) is 23.3 Å². The van der Waals surface area contributed by atoms with E-state index in [0.717, 1.165) is 77.0 Å². The predicted molar refractivity (Wildman–Crippen MR) is 280 cm³/mol. The first-order valence-electron chi connectivity index (χ1n) is 28.2. The van der Waals surface area contributed by atoms with Gasteiger partial charge in [-0.2, -0.15) is 0 Å². The van der Waals surface area contributed by atoms with E-state index in [9.17, 15) is 28.9 Å². The Balaban J connectivity index is 4.68. The van der Waals surface area contributed by atoms with Crippen molar-refractivity contribution < 1.29 is 52.2 Å². The molecular weight excluding hydrogens is 880 g/mol. The molecule has 0 aliphatic rings. The van der Waals surface area contributed by atoms with Crippen molar-refractivity contribution in [3.8, 4) is 0 Å². The molecule has 0 saturated heterocycles. The minimum atomic E-state index is -4.73. The molecule has 0 aliphatic carbocycles. The number of phosphoric acid groups is 1. The Morgan fingerprint density at radius 2 is 0.676 bits per heavy atom. The molecule has 11 nitrogen and oxygen atoms in total. The van der Waals surface area contributed by atoms with E-state index in [0.29, 0.717) is 19.3 Å². The van der Waals surface area contributed by atoms with Gasteiger partial charge in [0.05, 0.1) is 19.8 Å². The second-order valence-electron chi connectivity index (χ2n) is 19.1. The summed E-state index contributed by atoms with van der Waals surface area (Å²) in [5.74, 6) is -1.46. The van der Waals surface area contributed by atoms with Crippen LogP contribution in [0.5, 0.6) is 0 Å². The zero-order valence-corrected chi connectivity index (χ0v) is 45.0. The molecule has 0 fully saturated rings. The molecule has 0 aliphatic heterocycles. The van der Waals surface area contributed by atoms with E-state index in [1.807, 2.05) is 0 Å². The van der Waals surface area contributed by atoms with E-state index >= 15 is 0 Å². The van der Waals surface area contributed by atoms with Crippen LogP contribution in [-0.4, -0.2) is 66.5 Å². The fourth-order valence-corrected chi connectivity index (χ4v) is 8.78. The van der Waals surface area contributed by atoms with Crippen molar-refractivity contribution in [2.45, 2.75) is 290 Å². The van der Waals surface area contributed by atoms with Crippen LogP contribution in [0.4, 0.5) is 0 Å². The fraction of sp³-hybridized carbons (Fsp3) is 0.875.